The number of aromatic nitrogens is 2. The number of hydrogen-bond acceptors (Lipinski definition) is 6. The van der Waals surface area contributed by atoms with E-state index >= 15 is 0 Å². The van der Waals surface area contributed by atoms with Crippen molar-refractivity contribution >= 4 is 5.69 Å². The van der Waals surface area contributed by atoms with Crippen LogP contribution in [0.5, 0.6) is 0 Å². The maximum Gasteiger partial charge on any atom is 0.268 e. The van der Waals surface area contributed by atoms with Gasteiger partial charge in [-0.05, 0) is 20.9 Å². The summed E-state index contributed by atoms with van der Waals surface area (Å²) in [6.45, 7) is 6.78. The molecule has 1 aliphatic heterocycles. The lowest BCUT2D eigenvalue weighted by Gasteiger charge is -2.39. The Morgan fingerprint density at radius 3 is 2.95 bits per heavy atom. The second kappa shape index (κ2) is 6.55. The lowest BCUT2D eigenvalue weighted by Crippen LogP contribution is -2.48. The number of ether oxygens (including phenoxy) is 1. The average molecular weight is 296 g/mol. The van der Waals surface area contributed by atoms with Gasteiger partial charge >= 0.3 is 0 Å². The Bertz CT molecular complexity index is 529. The van der Waals surface area contributed by atoms with E-state index in [-0.39, 0.29) is 17.7 Å². The fourth-order valence-corrected chi connectivity index (χ4v) is 2.47. The Labute approximate surface area is 124 Å². The van der Waals surface area contributed by atoms with Gasteiger partial charge in [-0.1, -0.05) is 0 Å². The van der Waals surface area contributed by atoms with Gasteiger partial charge in [0.15, 0.2) is 0 Å². The van der Waals surface area contributed by atoms with Crippen LogP contribution in [0.4, 0.5) is 5.69 Å². The lowest BCUT2D eigenvalue weighted by atomic mass is 10.1. The maximum atomic E-state index is 12.1. The molecule has 1 aromatic rings. The highest BCUT2D eigenvalue weighted by molar-refractivity contribution is 5.43. The number of nitrogens with one attached hydrogen (secondary N) is 1. The molecule has 0 aliphatic carbocycles. The van der Waals surface area contributed by atoms with E-state index in [4.69, 9.17) is 4.74 Å². The summed E-state index contributed by atoms with van der Waals surface area (Å²) in [5.41, 5.74) is 0.374. The van der Waals surface area contributed by atoms with Crippen LogP contribution in [-0.4, -0.2) is 59.9 Å². The first-order chi connectivity index (χ1) is 9.91. The van der Waals surface area contributed by atoms with E-state index in [9.17, 15) is 9.90 Å². The summed E-state index contributed by atoms with van der Waals surface area (Å²) in [6, 6.07) is 1.57. The molecule has 0 amide bonds. The fraction of sp³-hybridized carbons (Fsp3) is 0.714. The molecule has 0 saturated carbocycles. The highest BCUT2D eigenvalue weighted by Crippen LogP contribution is 2.21. The molecule has 1 unspecified atom stereocenters. The first-order valence-corrected chi connectivity index (χ1v) is 7.20. The van der Waals surface area contributed by atoms with Crippen LogP contribution in [-0.2, 0) is 11.3 Å². The van der Waals surface area contributed by atoms with E-state index < -0.39 is 6.10 Å². The van der Waals surface area contributed by atoms with Gasteiger partial charge < -0.3 is 20.1 Å². The fourth-order valence-electron chi connectivity index (χ4n) is 2.47. The quantitative estimate of drug-likeness (QED) is 0.758. The van der Waals surface area contributed by atoms with Crippen molar-refractivity contribution in [2.45, 2.75) is 32.1 Å². The zero-order valence-corrected chi connectivity index (χ0v) is 12.9. The smallest absolute Gasteiger partial charge is 0.268 e. The number of hydrogen-bond donors (Lipinski definition) is 2. The van der Waals surface area contributed by atoms with E-state index in [0.29, 0.717) is 13.2 Å². The summed E-state index contributed by atoms with van der Waals surface area (Å²) in [6.07, 6.45) is 1.04. The molecule has 2 rings (SSSR count). The summed E-state index contributed by atoms with van der Waals surface area (Å²) in [4.78, 5) is 14.2. The third-order valence-electron chi connectivity index (χ3n) is 3.47. The highest BCUT2D eigenvalue weighted by Gasteiger charge is 2.27. The third-order valence-corrected chi connectivity index (χ3v) is 3.47. The minimum absolute atomic E-state index is 0.189. The van der Waals surface area contributed by atoms with Crippen LogP contribution in [0.3, 0.4) is 0 Å². The molecule has 1 aromatic heterocycles. The molecule has 1 saturated heterocycles. The van der Waals surface area contributed by atoms with Gasteiger partial charge in [-0.15, -0.1) is 0 Å². The molecule has 0 spiro atoms. The molecule has 0 aromatic carbocycles. The second-order valence-corrected chi connectivity index (χ2v) is 5.98. The van der Waals surface area contributed by atoms with E-state index in [2.05, 4.69) is 15.3 Å². The summed E-state index contributed by atoms with van der Waals surface area (Å²) in [5.74, 6) is 0. The van der Waals surface area contributed by atoms with Crippen molar-refractivity contribution in [2.75, 3.05) is 38.2 Å². The summed E-state index contributed by atoms with van der Waals surface area (Å²) in [7, 11) is 1.75. The van der Waals surface area contributed by atoms with Gasteiger partial charge in [0.25, 0.3) is 5.56 Å². The predicted octanol–water partition coefficient (Wildman–Crippen LogP) is -0.561. The van der Waals surface area contributed by atoms with E-state index in [1.54, 1.807) is 19.3 Å². The SMILES string of the molecule is CNCC(O)Cn1ncc(N2CCOC(C)(C)C2)cc1=O. The Balaban J connectivity index is 2.10. The third kappa shape index (κ3) is 4.26. The first kappa shape index (κ1) is 15.9. The maximum absolute atomic E-state index is 12.1. The van der Waals surface area contributed by atoms with Crippen LogP contribution in [0.2, 0.25) is 0 Å². The van der Waals surface area contributed by atoms with Crippen molar-refractivity contribution < 1.29 is 9.84 Å². The number of aliphatic hydroxyl groups excluding tert-OH is 1. The molecule has 0 radical (unpaired) electrons. The highest BCUT2D eigenvalue weighted by atomic mass is 16.5. The Hall–Kier alpha value is -1.44. The molecule has 7 heteroatoms. The number of morpholine rings is 1. The number of nitrogens with zero attached hydrogens (tertiary/aromatic N) is 3. The minimum Gasteiger partial charge on any atom is -0.390 e. The Kier molecular flexibility index (Phi) is 4.97. The number of aliphatic hydroxyl groups is 1. The normalized spacial score (nSPS) is 19.5. The lowest BCUT2D eigenvalue weighted by molar-refractivity contribution is -0.0277. The van der Waals surface area contributed by atoms with Crippen LogP contribution in [0, 0.1) is 0 Å². The van der Waals surface area contributed by atoms with Gasteiger partial charge in [0, 0.05) is 25.7 Å². The second-order valence-electron chi connectivity index (χ2n) is 5.98. The first-order valence-electron chi connectivity index (χ1n) is 7.20. The van der Waals surface area contributed by atoms with Crippen LogP contribution in [0.1, 0.15) is 13.8 Å². The molecule has 21 heavy (non-hydrogen) atoms. The summed E-state index contributed by atoms with van der Waals surface area (Å²) in [5, 5.41) is 16.7. The number of likely N-dealkylation sites (N-methyl/N-ethyl adjacent to an activating group) is 1. The molecule has 0 bridgehead atoms. The average Bonchev–Trinajstić information content (AvgIpc) is 2.40. The largest absolute Gasteiger partial charge is 0.390 e. The van der Waals surface area contributed by atoms with E-state index in [1.165, 1.54) is 4.68 Å². The molecule has 1 aliphatic rings. The van der Waals surface area contributed by atoms with Gasteiger partial charge in [-0.2, -0.15) is 5.10 Å². The molecule has 7 nitrogen and oxygen atoms in total. The summed E-state index contributed by atoms with van der Waals surface area (Å²) >= 11 is 0. The van der Waals surface area contributed by atoms with Crippen molar-refractivity contribution in [3.8, 4) is 0 Å². The van der Waals surface area contributed by atoms with Crippen LogP contribution in [0.25, 0.3) is 0 Å². The molecular formula is C14H24N4O3. The van der Waals surface area contributed by atoms with Crippen LogP contribution < -0.4 is 15.8 Å². The van der Waals surface area contributed by atoms with E-state index in [1.807, 2.05) is 13.8 Å². The number of rotatable bonds is 5. The minimum atomic E-state index is -0.631. The van der Waals surface area contributed by atoms with Gasteiger partial charge in [-0.3, -0.25) is 4.79 Å². The van der Waals surface area contributed by atoms with Gasteiger partial charge in [0.1, 0.15) is 0 Å². The van der Waals surface area contributed by atoms with Crippen molar-refractivity contribution in [1.82, 2.24) is 15.1 Å². The van der Waals surface area contributed by atoms with Crippen molar-refractivity contribution in [2.24, 2.45) is 0 Å². The van der Waals surface area contributed by atoms with Crippen molar-refractivity contribution in [1.29, 1.82) is 0 Å². The monoisotopic (exact) mass is 296 g/mol. The van der Waals surface area contributed by atoms with Crippen molar-refractivity contribution in [3.63, 3.8) is 0 Å². The van der Waals surface area contributed by atoms with Crippen molar-refractivity contribution in [3.05, 3.63) is 22.6 Å². The Morgan fingerprint density at radius 2 is 2.33 bits per heavy atom. The van der Waals surface area contributed by atoms with Gasteiger partial charge in [-0.25, -0.2) is 4.68 Å². The van der Waals surface area contributed by atoms with Crippen LogP contribution >= 0.6 is 0 Å². The molecular weight excluding hydrogens is 272 g/mol. The molecule has 1 fully saturated rings. The molecule has 118 valence electrons. The Morgan fingerprint density at radius 1 is 1.57 bits per heavy atom. The van der Waals surface area contributed by atoms with Gasteiger partial charge in [0.05, 0.1) is 36.7 Å². The van der Waals surface area contributed by atoms with Gasteiger partial charge in [0.2, 0.25) is 0 Å². The van der Waals surface area contributed by atoms with Crippen LogP contribution in [0.15, 0.2) is 17.1 Å². The number of anilines is 1. The zero-order valence-electron chi connectivity index (χ0n) is 12.9. The molecule has 2 heterocycles. The predicted molar refractivity (Wildman–Crippen MR) is 80.7 cm³/mol. The standard InChI is InChI=1S/C14H24N4O3/c1-14(2)10-17(4-5-21-14)11-6-13(20)18(16-7-11)9-12(19)8-15-3/h6-7,12,15,19H,4-5,8-10H2,1-3H3. The van der Waals surface area contributed by atoms with E-state index in [0.717, 1.165) is 18.8 Å². The molecule has 2 N–H and O–H groups in total. The topological polar surface area (TPSA) is 79.6 Å². The zero-order chi connectivity index (χ0) is 15.5. The molecule has 1 atom stereocenters. The summed E-state index contributed by atoms with van der Waals surface area (Å²) < 4.78 is 6.95.